The number of nitrogens with one attached hydrogen (secondary N) is 1. The average molecular weight is 294 g/mol. The molecule has 0 saturated carbocycles. The van der Waals surface area contributed by atoms with Crippen LogP contribution >= 0.6 is 11.6 Å². The van der Waals surface area contributed by atoms with Crippen molar-refractivity contribution in [1.29, 1.82) is 0 Å². The Kier molecular flexibility index (Phi) is 4.20. The van der Waals surface area contributed by atoms with Crippen LogP contribution in [0.2, 0.25) is 5.02 Å². The van der Waals surface area contributed by atoms with E-state index in [-0.39, 0.29) is 10.7 Å². The Bertz CT molecular complexity index is 648. The van der Waals surface area contributed by atoms with Crippen molar-refractivity contribution in [3.05, 3.63) is 52.9 Å². The zero-order chi connectivity index (χ0) is 14.7. The quantitative estimate of drug-likeness (QED) is 0.945. The average Bonchev–Trinajstić information content (AvgIpc) is 2.46. The molecule has 0 aliphatic rings. The van der Waals surface area contributed by atoms with Crippen molar-refractivity contribution in [1.82, 2.24) is 4.98 Å². The number of amides is 1. The van der Waals surface area contributed by atoms with Gasteiger partial charge >= 0.3 is 0 Å². The molecule has 0 spiro atoms. The summed E-state index contributed by atoms with van der Waals surface area (Å²) in [6, 6.07) is 9.01. The Morgan fingerprint density at radius 2 is 2.10 bits per heavy atom. The summed E-state index contributed by atoms with van der Waals surface area (Å²) in [5, 5.41) is 3.08. The Morgan fingerprint density at radius 3 is 2.75 bits per heavy atom. The third-order valence-electron chi connectivity index (χ3n) is 2.80. The molecular weight excluding hydrogens is 281 g/mol. The van der Waals surface area contributed by atoms with Crippen LogP contribution in [0.15, 0.2) is 36.4 Å². The highest BCUT2D eigenvalue weighted by atomic mass is 35.5. The first-order valence-corrected chi connectivity index (χ1v) is 6.28. The van der Waals surface area contributed by atoms with Gasteiger partial charge in [0.15, 0.2) is 0 Å². The number of benzene rings is 1. The summed E-state index contributed by atoms with van der Waals surface area (Å²) in [6.45, 7) is 0. The molecule has 20 heavy (non-hydrogen) atoms. The van der Waals surface area contributed by atoms with Crippen LogP contribution in [0.5, 0.6) is 0 Å². The predicted molar refractivity (Wildman–Crippen MR) is 77.9 cm³/mol. The van der Waals surface area contributed by atoms with Crippen molar-refractivity contribution in [3.8, 4) is 0 Å². The zero-order valence-electron chi connectivity index (χ0n) is 11.0. The first kappa shape index (κ1) is 14.3. The first-order valence-electron chi connectivity index (χ1n) is 5.91. The normalized spacial score (nSPS) is 10.2. The fourth-order valence-corrected chi connectivity index (χ4v) is 1.88. The molecule has 1 amide bonds. The lowest BCUT2D eigenvalue weighted by Crippen LogP contribution is -2.27. The molecule has 0 fully saturated rings. The summed E-state index contributed by atoms with van der Waals surface area (Å²) in [4.78, 5) is 17.8. The fourth-order valence-electron chi connectivity index (χ4n) is 1.69. The molecule has 0 bridgehead atoms. The Morgan fingerprint density at radius 1 is 1.35 bits per heavy atom. The van der Waals surface area contributed by atoms with E-state index in [9.17, 15) is 9.18 Å². The number of anilines is 2. The lowest BCUT2D eigenvalue weighted by Gasteiger charge is -2.17. The molecule has 1 heterocycles. The van der Waals surface area contributed by atoms with Crippen molar-refractivity contribution >= 4 is 29.0 Å². The monoisotopic (exact) mass is 293 g/mol. The third-order valence-corrected chi connectivity index (χ3v) is 3.11. The Hall–Kier alpha value is -2.14. The number of carbonyl (C=O) groups excluding carboxylic acids is 1. The van der Waals surface area contributed by atoms with Crippen LogP contribution in [0.25, 0.3) is 0 Å². The molecule has 0 aliphatic carbocycles. The van der Waals surface area contributed by atoms with Gasteiger partial charge in [0.25, 0.3) is 5.91 Å². The number of rotatable bonds is 3. The van der Waals surface area contributed by atoms with Gasteiger partial charge in [-0.15, -0.1) is 0 Å². The number of hydrogen-bond donors (Lipinski definition) is 1. The molecule has 1 aromatic carbocycles. The van der Waals surface area contributed by atoms with Gasteiger partial charge in [-0.05, 0) is 30.3 Å². The minimum absolute atomic E-state index is 0.116. The van der Waals surface area contributed by atoms with Gasteiger partial charge in [-0.2, -0.15) is 0 Å². The maximum atomic E-state index is 13.2. The smallest absolute Gasteiger partial charge is 0.278 e. The summed E-state index contributed by atoms with van der Waals surface area (Å²) in [5.74, 6) is -0.284. The van der Waals surface area contributed by atoms with Crippen molar-refractivity contribution in [3.63, 3.8) is 0 Å². The van der Waals surface area contributed by atoms with Gasteiger partial charge in [-0.25, -0.2) is 9.37 Å². The van der Waals surface area contributed by atoms with E-state index in [1.807, 2.05) is 0 Å². The van der Waals surface area contributed by atoms with E-state index in [0.717, 1.165) is 0 Å². The Labute approximate surface area is 121 Å². The number of nitrogens with zero attached hydrogens (tertiary/aromatic N) is 2. The standard InChI is InChI=1S/C14H13ClFN3O/c1-17-12-7-6-11(15)13(18-12)14(20)19(2)10-5-3-4-9(16)8-10/h3-8H,1-2H3,(H,17,18). The van der Waals surface area contributed by atoms with E-state index < -0.39 is 11.7 Å². The lowest BCUT2D eigenvalue weighted by atomic mass is 10.2. The minimum Gasteiger partial charge on any atom is -0.373 e. The second-order valence-corrected chi connectivity index (χ2v) is 4.53. The van der Waals surface area contributed by atoms with Gasteiger partial charge in [0.2, 0.25) is 0 Å². The van der Waals surface area contributed by atoms with Crippen molar-refractivity contribution in [2.45, 2.75) is 0 Å². The van der Waals surface area contributed by atoms with Crippen LogP contribution in [-0.4, -0.2) is 25.0 Å². The molecule has 2 rings (SSSR count). The second-order valence-electron chi connectivity index (χ2n) is 4.12. The van der Waals surface area contributed by atoms with Crippen LogP contribution in [0.1, 0.15) is 10.5 Å². The van der Waals surface area contributed by atoms with E-state index >= 15 is 0 Å². The maximum Gasteiger partial charge on any atom is 0.278 e. The molecule has 1 N–H and O–H groups in total. The molecule has 104 valence electrons. The predicted octanol–water partition coefficient (Wildman–Crippen LogP) is 3.19. The molecule has 0 aliphatic heterocycles. The van der Waals surface area contributed by atoms with E-state index in [2.05, 4.69) is 10.3 Å². The van der Waals surface area contributed by atoms with Gasteiger partial charge in [0.05, 0.1) is 5.02 Å². The van der Waals surface area contributed by atoms with Gasteiger partial charge in [0.1, 0.15) is 17.3 Å². The molecule has 6 heteroatoms. The summed E-state index contributed by atoms with van der Waals surface area (Å²) in [5.41, 5.74) is 0.549. The summed E-state index contributed by atoms with van der Waals surface area (Å²) in [6.07, 6.45) is 0. The highest BCUT2D eigenvalue weighted by Gasteiger charge is 2.19. The van der Waals surface area contributed by atoms with E-state index in [1.54, 1.807) is 32.3 Å². The molecule has 0 radical (unpaired) electrons. The molecule has 0 unspecified atom stereocenters. The van der Waals surface area contributed by atoms with Crippen molar-refractivity contribution in [2.75, 3.05) is 24.3 Å². The highest BCUT2D eigenvalue weighted by molar-refractivity contribution is 6.34. The van der Waals surface area contributed by atoms with Crippen LogP contribution in [0.4, 0.5) is 15.9 Å². The Balaban J connectivity index is 2.36. The molecule has 4 nitrogen and oxygen atoms in total. The molecule has 0 saturated heterocycles. The van der Waals surface area contributed by atoms with Gasteiger partial charge in [-0.3, -0.25) is 4.79 Å². The minimum atomic E-state index is -0.412. The van der Waals surface area contributed by atoms with Crippen LogP contribution in [0, 0.1) is 5.82 Å². The van der Waals surface area contributed by atoms with Crippen LogP contribution in [-0.2, 0) is 0 Å². The molecule has 1 aromatic heterocycles. The summed E-state index contributed by atoms with van der Waals surface area (Å²) >= 11 is 6.00. The largest absolute Gasteiger partial charge is 0.373 e. The SMILES string of the molecule is CNc1ccc(Cl)c(C(=O)N(C)c2cccc(F)c2)n1. The van der Waals surface area contributed by atoms with Crippen LogP contribution < -0.4 is 10.2 Å². The maximum absolute atomic E-state index is 13.2. The van der Waals surface area contributed by atoms with E-state index in [4.69, 9.17) is 11.6 Å². The first-order chi connectivity index (χ1) is 9.52. The number of carbonyl (C=O) groups is 1. The highest BCUT2D eigenvalue weighted by Crippen LogP contribution is 2.21. The lowest BCUT2D eigenvalue weighted by molar-refractivity contribution is 0.0988. The van der Waals surface area contributed by atoms with Gasteiger partial charge in [0, 0.05) is 19.8 Å². The topological polar surface area (TPSA) is 45.2 Å². The van der Waals surface area contributed by atoms with Crippen LogP contribution in [0.3, 0.4) is 0 Å². The van der Waals surface area contributed by atoms with Crippen molar-refractivity contribution < 1.29 is 9.18 Å². The van der Waals surface area contributed by atoms with Crippen molar-refractivity contribution in [2.24, 2.45) is 0 Å². The second kappa shape index (κ2) is 5.88. The van der Waals surface area contributed by atoms with E-state index in [1.165, 1.54) is 23.1 Å². The number of hydrogen-bond acceptors (Lipinski definition) is 3. The number of halogens is 2. The number of pyridine rings is 1. The molecule has 0 atom stereocenters. The zero-order valence-corrected chi connectivity index (χ0v) is 11.8. The summed E-state index contributed by atoms with van der Waals surface area (Å²) < 4.78 is 13.2. The molecular formula is C14H13ClFN3O. The third kappa shape index (κ3) is 2.88. The van der Waals surface area contributed by atoms with E-state index in [0.29, 0.717) is 11.5 Å². The fraction of sp³-hybridized carbons (Fsp3) is 0.143. The molecule has 2 aromatic rings. The number of aromatic nitrogens is 1. The van der Waals surface area contributed by atoms with Gasteiger partial charge < -0.3 is 10.2 Å². The van der Waals surface area contributed by atoms with Gasteiger partial charge in [-0.1, -0.05) is 17.7 Å². The summed E-state index contributed by atoms with van der Waals surface area (Å²) in [7, 11) is 3.24.